The monoisotopic (exact) mass is 227 g/mol. The van der Waals surface area contributed by atoms with Crippen molar-refractivity contribution in [1.29, 1.82) is 5.26 Å². The van der Waals surface area contributed by atoms with Crippen LogP contribution in [0.4, 0.5) is 0 Å². The summed E-state index contributed by atoms with van der Waals surface area (Å²) in [5, 5.41) is 26.3. The normalized spacial score (nSPS) is 12.9. The molecular weight excluding hydrogens is 210 g/mol. The summed E-state index contributed by atoms with van der Waals surface area (Å²) in [4.78, 5) is 21.3. The van der Waals surface area contributed by atoms with Gasteiger partial charge in [0.25, 0.3) is 0 Å². The van der Waals surface area contributed by atoms with Crippen molar-refractivity contribution in [1.82, 2.24) is 0 Å². The Balaban J connectivity index is 3.95. The van der Waals surface area contributed by atoms with Crippen molar-refractivity contribution < 1.29 is 19.8 Å². The van der Waals surface area contributed by atoms with E-state index < -0.39 is 23.9 Å². The number of carboxylic acid groups (broad SMARTS) is 1. The van der Waals surface area contributed by atoms with Crippen LogP contribution in [0.15, 0.2) is 0 Å². The average molecular weight is 227 g/mol. The van der Waals surface area contributed by atoms with Crippen LogP contribution < -0.4 is 0 Å². The minimum atomic E-state index is -1.12. The molecule has 0 bridgehead atoms. The van der Waals surface area contributed by atoms with Gasteiger partial charge in [0, 0.05) is 11.8 Å². The van der Waals surface area contributed by atoms with E-state index in [1.54, 1.807) is 19.9 Å². The van der Waals surface area contributed by atoms with Crippen molar-refractivity contribution in [3.8, 4) is 6.07 Å². The highest BCUT2D eigenvalue weighted by Crippen LogP contribution is 2.27. The second kappa shape index (κ2) is 6.23. The van der Waals surface area contributed by atoms with Gasteiger partial charge in [-0.3, -0.25) is 9.59 Å². The van der Waals surface area contributed by atoms with Crippen LogP contribution in [0.1, 0.15) is 39.5 Å². The van der Waals surface area contributed by atoms with Gasteiger partial charge in [-0.05, 0) is 12.8 Å². The number of aliphatic hydroxyl groups is 1. The molecule has 0 unspecified atom stereocenters. The Kier molecular flexibility index (Phi) is 5.68. The summed E-state index contributed by atoms with van der Waals surface area (Å²) in [6.45, 7) is 3.48. The first-order chi connectivity index (χ1) is 7.29. The number of rotatable bonds is 7. The van der Waals surface area contributed by atoms with Crippen molar-refractivity contribution in [2.45, 2.75) is 45.6 Å². The summed E-state index contributed by atoms with van der Waals surface area (Å²) in [6, 6.07) is 1.75. The molecule has 0 aromatic rings. The molecule has 0 fully saturated rings. The van der Waals surface area contributed by atoms with Gasteiger partial charge in [-0.2, -0.15) is 5.26 Å². The quantitative estimate of drug-likeness (QED) is 0.501. The van der Waals surface area contributed by atoms with E-state index in [0.717, 1.165) is 0 Å². The first kappa shape index (κ1) is 14.6. The number of aliphatic carboxylic acids is 1. The second-order valence-corrected chi connectivity index (χ2v) is 4.48. The lowest BCUT2D eigenvalue weighted by Crippen LogP contribution is -2.27. The van der Waals surface area contributed by atoms with E-state index in [1.165, 1.54) is 0 Å². The maximum absolute atomic E-state index is 11.1. The summed E-state index contributed by atoms with van der Waals surface area (Å²) < 4.78 is 0. The topological polar surface area (TPSA) is 98.4 Å². The van der Waals surface area contributed by atoms with Crippen LogP contribution in [0.2, 0.25) is 0 Å². The average Bonchev–Trinajstić information content (AvgIpc) is 2.14. The molecule has 2 N–H and O–H groups in total. The molecular formula is C11H17NO4. The number of carboxylic acids is 1. The molecule has 0 aliphatic heterocycles. The summed E-state index contributed by atoms with van der Waals surface area (Å²) in [5.41, 5.74) is -0.571. The molecule has 0 amide bonds. The van der Waals surface area contributed by atoms with Crippen molar-refractivity contribution in [2.75, 3.05) is 0 Å². The molecule has 0 aliphatic rings. The molecule has 0 rings (SSSR count). The zero-order chi connectivity index (χ0) is 12.8. The summed E-state index contributed by atoms with van der Waals surface area (Å²) >= 11 is 0. The Bertz CT molecular complexity index is 304. The Labute approximate surface area is 94.7 Å². The third kappa shape index (κ3) is 5.47. The zero-order valence-corrected chi connectivity index (χ0v) is 9.56. The fraction of sp³-hybridized carbons (Fsp3) is 0.727. The van der Waals surface area contributed by atoms with E-state index in [4.69, 9.17) is 10.4 Å². The number of ketones is 1. The molecule has 90 valence electrons. The van der Waals surface area contributed by atoms with Crippen molar-refractivity contribution >= 4 is 11.8 Å². The van der Waals surface area contributed by atoms with Gasteiger partial charge >= 0.3 is 5.97 Å². The first-order valence-electron chi connectivity index (χ1n) is 5.11. The van der Waals surface area contributed by atoms with Gasteiger partial charge in [0.05, 0.1) is 6.07 Å². The lowest BCUT2D eigenvalue weighted by atomic mass is 9.82. The van der Waals surface area contributed by atoms with Gasteiger partial charge in [0.1, 0.15) is 18.3 Å². The van der Waals surface area contributed by atoms with Crippen LogP contribution in [0.5, 0.6) is 0 Å². The van der Waals surface area contributed by atoms with E-state index >= 15 is 0 Å². The number of hydrogen-bond donors (Lipinski definition) is 2. The Morgan fingerprint density at radius 3 is 2.44 bits per heavy atom. The van der Waals surface area contributed by atoms with Crippen molar-refractivity contribution in [3.63, 3.8) is 0 Å². The number of carbonyl (C=O) groups is 2. The first-order valence-corrected chi connectivity index (χ1v) is 5.11. The predicted molar refractivity (Wildman–Crippen MR) is 56.5 cm³/mol. The number of nitrogens with zero attached hydrogens (tertiary/aromatic N) is 1. The van der Waals surface area contributed by atoms with Gasteiger partial charge in [0.15, 0.2) is 0 Å². The fourth-order valence-corrected chi connectivity index (χ4v) is 1.31. The fourth-order valence-electron chi connectivity index (χ4n) is 1.31. The third-order valence-electron chi connectivity index (χ3n) is 2.49. The van der Waals surface area contributed by atoms with Gasteiger partial charge in [-0.15, -0.1) is 0 Å². The molecule has 0 spiro atoms. The lowest BCUT2D eigenvalue weighted by molar-refractivity contribution is -0.140. The minimum Gasteiger partial charge on any atom is -0.481 e. The molecule has 0 aliphatic carbocycles. The van der Waals surface area contributed by atoms with Crippen LogP contribution in [-0.2, 0) is 9.59 Å². The summed E-state index contributed by atoms with van der Waals surface area (Å²) in [7, 11) is 0. The van der Waals surface area contributed by atoms with E-state index in [-0.39, 0.29) is 12.2 Å². The summed E-state index contributed by atoms with van der Waals surface area (Å²) in [6.07, 6.45) is -0.359. The molecule has 0 radical (unpaired) electrons. The van der Waals surface area contributed by atoms with Crippen molar-refractivity contribution in [2.24, 2.45) is 5.41 Å². The van der Waals surface area contributed by atoms with Gasteiger partial charge in [0.2, 0.25) is 0 Å². The number of nitriles is 1. The number of aliphatic hydroxyl groups excluding tert-OH is 1. The molecule has 0 saturated carbocycles. The highest BCUT2D eigenvalue weighted by molar-refractivity contribution is 5.94. The van der Waals surface area contributed by atoms with E-state index in [1.807, 2.05) is 0 Å². The van der Waals surface area contributed by atoms with Crippen molar-refractivity contribution in [3.05, 3.63) is 0 Å². The SMILES string of the molecule is CC(C)(CCCC(=O)CC(=O)O)[C@@H](O)C#N. The molecule has 5 heteroatoms. The molecule has 1 atom stereocenters. The molecule has 0 aromatic carbocycles. The molecule has 0 aromatic heterocycles. The van der Waals surface area contributed by atoms with E-state index in [9.17, 15) is 14.7 Å². The smallest absolute Gasteiger partial charge is 0.310 e. The molecule has 16 heavy (non-hydrogen) atoms. The van der Waals surface area contributed by atoms with E-state index in [0.29, 0.717) is 12.8 Å². The maximum atomic E-state index is 11.1. The standard InChI is InChI=1S/C11H17NO4/c1-11(2,9(14)7-12)5-3-4-8(13)6-10(15)16/h9,14H,3-6H2,1-2H3,(H,15,16)/t9-/m0/s1. The molecule has 5 nitrogen and oxygen atoms in total. The van der Waals surface area contributed by atoms with Crippen LogP contribution in [0.25, 0.3) is 0 Å². The Morgan fingerprint density at radius 1 is 1.44 bits per heavy atom. The minimum absolute atomic E-state index is 0.174. The number of carbonyl (C=O) groups excluding carboxylic acids is 1. The van der Waals surface area contributed by atoms with Gasteiger partial charge in [-0.25, -0.2) is 0 Å². The highest BCUT2D eigenvalue weighted by Gasteiger charge is 2.27. The Morgan fingerprint density at radius 2 is 2.00 bits per heavy atom. The molecule has 0 heterocycles. The van der Waals surface area contributed by atoms with Crippen LogP contribution >= 0.6 is 0 Å². The maximum Gasteiger partial charge on any atom is 0.310 e. The summed E-state index contributed by atoms with van der Waals surface area (Å²) in [5.74, 6) is -1.45. The number of Topliss-reactive ketones (excluding diaryl/α,β-unsaturated/α-hetero) is 1. The second-order valence-electron chi connectivity index (χ2n) is 4.48. The van der Waals surface area contributed by atoms with Crippen LogP contribution in [-0.4, -0.2) is 28.1 Å². The number of hydrogen-bond acceptors (Lipinski definition) is 4. The zero-order valence-electron chi connectivity index (χ0n) is 9.56. The van der Waals surface area contributed by atoms with Gasteiger partial charge < -0.3 is 10.2 Å². The van der Waals surface area contributed by atoms with Crippen LogP contribution in [0.3, 0.4) is 0 Å². The van der Waals surface area contributed by atoms with E-state index in [2.05, 4.69) is 0 Å². The van der Waals surface area contributed by atoms with Gasteiger partial charge in [-0.1, -0.05) is 13.8 Å². The highest BCUT2D eigenvalue weighted by atomic mass is 16.4. The van der Waals surface area contributed by atoms with Crippen LogP contribution in [0, 0.1) is 16.7 Å². The predicted octanol–water partition coefficient (Wildman–Crippen LogP) is 1.11. The largest absolute Gasteiger partial charge is 0.481 e. The lowest BCUT2D eigenvalue weighted by Gasteiger charge is -2.25. The molecule has 0 saturated heterocycles. The Hall–Kier alpha value is -1.41. The third-order valence-corrected chi connectivity index (χ3v) is 2.49.